The first kappa shape index (κ1) is 19.7. The Kier molecular flexibility index (Phi) is 6.95. The quantitative estimate of drug-likeness (QED) is 0.169. The molecule has 11 nitrogen and oxygen atoms in total. The van der Waals surface area contributed by atoms with E-state index in [1.165, 1.54) is 0 Å². The molecule has 0 spiro atoms. The van der Waals surface area contributed by atoms with Gasteiger partial charge in [-0.1, -0.05) is 0 Å². The molecule has 0 aliphatic rings. The molecule has 1 amide bonds. The van der Waals surface area contributed by atoms with E-state index >= 15 is 0 Å². The Morgan fingerprint density at radius 1 is 1.15 bits per heavy atom. The summed E-state index contributed by atoms with van der Waals surface area (Å²) in [5.74, 6) is -0.969. The molecule has 0 aromatic heterocycles. The minimum atomic E-state index is -5.51. The van der Waals surface area contributed by atoms with E-state index in [1.54, 1.807) is 0 Å². The average Bonchev–Trinajstić information content (AvgIpc) is 2.29. The molecule has 0 heterocycles. The number of amides is 1. The molecular weight excluding hydrogens is 320 g/mol. The number of aliphatic hydroxyl groups is 3. The van der Waals surface area contributed by atoms with Gasteiger partial charge in [-0.05, 0) is 6.42 Å². The van der Waals surface area contributed by atoms with Crippen LogP contribution in [0.1, 0.15) is 12.8 Å². The smallest absolute Gasteiger partial charge is 0.369 e. The number of hydrogen-bond donors (Lipinski definition) is 8. The Hall–Kier alpha value is -0.350. The zero-order valence-corrected chi connectivity index (χ0v) is 11.9. The molecule has 0 radical (unpaired) electrons. The summed E-state index contributed by atoms with van der Waals surface area (Å²) in [5, 5.41) is 25.3. The summed E-state index contributed by atoms with van der Waals surface area (Å²) in [7, 11) is -11.0. The highest BCUT2D eigenvalue weighted by Crippen LogP contribution is 2.69. The van der Waals surface area contributed by atoms with Crippen LogP contribution in [0.5, 0.6) is 0 Å². The minimum absolute atomic E-state index is 0.321. The molecule has 0 aromatic rings. The largest absolute Gasteiger partial charge is 0.393 e. The third-order valence-electron chi connectivity index (χ3n) is 2.40. The molecule has 0 fully saturated rings. The molecule has 0 rings (SSSR count). The molecule has 120 valence electrons. The van der Waals surface area contributed by atoms with Gasteiger partial charge in [-0.25, -0.2) is 0 Å². The summed E-state index contributed by atoms with van der Waals surface area (Å²) in [6.45, 7) is -1.15. The number of nitrogens with one attached hydrogen (secondary N) is 1. The van der Waals surface area contributed by atoms with Crippen LogP contribution in [0.4, 0.5) is 0 Å². The van der Waals surface area contributed by atoms with Crippen molar-refractivity contribution < 1.29 is 48.8 Å². The van der Waals surface area contributed by atoms with E-state index < -0.39 is 45.3 Å². The van der Waals surface area contributed by atoms with Crippen LogP contribution in [0, 0.1) is 0 Å². The Balaban J connectivity index is 4.58. The van der Waals surface area contributed by atoms with Crippen LogP contribution in [-0.2, 0) is 13.9 Å². The summed E-state index contributed by atoms with van der Waals surface area (Å²) in [6, 6.07) is 0. The van der Waals surface area contributed by atoms with Gasteiger partial charge >= 0.3 is 15.2 Å². The Morgan fingerprint density at radius 3 is 1.95 bits per heavy atom. The molecule has 0 bridgehead atoms. The fourth-order valence-corrected chi connectivity index (χ4v) is 3.46. The van der Waals surface area contributed by atoms with Gasteiger partial charge in [0.2, 0.25) is 0 Å². The predicted octanol–water partition coefficient (Wildman–Crippen LogP) is -2.76. The second kappa shape index (κ2) is 7.08. The molecule has 0 aliphatic heterocycles. The van der Waals surface area contributed by atoms with Gasteiger partial charge in [0.05, 0.1) is 6.61 Å². The lowest BCUT2D eigenvalue weighted by atomic mass is 10.3. The molecule has 0 aromatic carbocycles. The van der Waals surface area contributed by atoms with E-state index in [-0.39, 0.29) is 13.0 Å². The molecule has 1 atom stereocenters. The molecule has 0 unspecified atom stereocenters. The third-order valence-corrected chi connectivity index (χ3v) is 6.27. The van der Waals surface area contributed by atoms with E-state index in [9.17, 15) is 19.0 Å². The van der Waals surface area contributed by atoms with Gasteiger partial charge in [0.25, 0.3) is 11.0 Å². The Bertz CT molecular complexity index is 405. The standard InChI is InChI=1S/C7H17NO10P2/c9-4-5(10)6(11)8-3-1-2-7(12,19(13,14)15)20(16,17)18/h5,9-10,12H,1-4H2,(H,8,11)(H2,13,14,15)(H2,16,17,18)/t5-/m0/s1. The SMILES string of the molecule is O=C(NCCCC(O)(P(=O)(O)O)P(=O)(O)O)[C@@H](O)CO. The molecule has 0 aliphatic carbocycles. The van der Waals surface area contributed by atoms with Crippen LogP contribution in [-0.4, -0.2) is 65.1 Å². The van der Waals surface area contributed by atoms with Crippen molar-refractivity contribution in [1.29, 1.82) is 0 Å². The topological polar surface area (TPSA) is 205 Å². The lowest BCUT2D eigenvalue weighted by molar-refractivity contribution is -0.131. The lowest BCUT2D eigenvalue weighted by Gasteiger charge is -2.29. The van der Waals surface area contributed by atoms with Crippen molar-refractivity contribution >= 4 is 21.1 Å². The fraction of sp³-hybridized carbons (Fsp3) is 0.857. The highest BCUT2D eigenvalue weighted by molar-refractivity contribution is 7.72. The van der Waals surface area contributed by atoms with Gasteiger partial charge in [0.1, 0.15) is 0 Å². The normalized spacial score (nSPS) is 14.9. The summed E-state index contributed by atoms with van der Waals surface area (Å²) in [5.41, 5.74) is 0. The average molecular weight is 337 g/mol. The van der Waals surface area contributed by atoms with Crippen molar-refractivity contribution in [3.63, 3.8) is 0 Å². The summed E-state index contributed by atoms with van der Waals surface area (Å²) < 4.78 is 21.9. The molecular formula is C7H17NO10P2. The van der Waals surface area contributed by atoms with Crippen LogP contribution in [0.3, 0.4) is 0 Å². The lowest BCUT2D eigenvalue weighted by Crippen LogP contribution is -2.38. The van der Waals surface area contributed by atoms with Crippen molar-refractivity contribution in [3.8, 4) is 0 Å². The predicted molar refractivity (Wildman–Crippen MR) is 64.4 cm³/mol. The number of carbonyl (C=O) groups is 1. The summed E-state index contributed by atoms with van der Waals surface area (Å²) in [6.07, 6.45) is -3.04. The van der Waals surface area contributed by atoms with E-state index in [1.807, 2.05) is 5.32 Å². The van der Waals surface area contributed by atoms with Crippen molar-refractivity contribution in [2.45, 2.75) is 24.0 Å². The van der Waals surface area contributed by atoms with Crippen LogP contribution >= 0.6 is 15.2 Å². The van der Waals surface area contributed by atoms with Gasteiger partial charge in [0, 0.05) is 13.0 Å². The van der Waals surface area contributed by atoms with Crippen LogP contribution in [0.15, 0.2) is 0 Å². The molecule has 0 saturated heterocycles. The van der Waals surface area contributed by atoms with Crippen LogP contribution < -0.4 is 5.32 Å². The molecule has 0 saturated carbocycles. The Morgan fingerprint density at radius 2 is 1.60 bits per heavy atom. The van der Waals surface area contributed by atoms with Crippen LogP contribution in [0.2, 0.25) is 0 Å². The number of aliphatic hydroxyl groups excluding tert-OH is 2. The second-order valence-electron chi connectivity index (χ2n) is 3.96. The van der Waals surface area contributed by atoms with Crippen molar-refractivity contribution in [3.05, 3.63) is 0 Å². The van der Waals surface area contributed by atoms with E-state index in [0.717, 1.165) is 0 Å². The van der Waals surface area contributed by atoms with Gasteiger partial charge in [-0.2, -0.15) is 0 Å². The number of carbonyl (C=O) groups excluding carboxylic acids is 1. The third kappa shape index (κ3) is 4.88. The first-order valence-corrected chi connectivity index (χ1v) is 8.49. The van der Waals surface area contributed by atoms with E-state index in [0.29, 0.717) is 0 Å². The second-order valence-corrected chi connectivity index (χ2v) is 7.96. The zero-order valence-electron chi connectivity index (χ0n) is 10.2. The van der Waals surface area contributed by atoms with Crippen molar-refractivity contribution in [2.75, 3.05) is 13.2 Å². The van der Waals surface area contributed by atoms with E-state index in [4.69, 9.17) is 29.8 Å². The first-order valence-electron chi connectivity index (χ1n) is 5.27. The maximum Gasteiger partial charge on any atom is 0.369 e. The summed E-state index contributed by atoms with van der Waals surface area (Å²) >= 11 is 0. The molecule has 13 heteroatoms. The monoisotopic (exact) mass is 337 g/mol. The van der Waals surface area contributed by atoms with Gasteiger partial charge < -0.3 is 40.2 Å². The number of rotatable bonds is 8. The minimum Gasteiger partial charge on any atom is -0.393 e. The highest BCUT2D eigenvalue weighted by atomic mass is 31.2. The van der Waals surface area contributed by atoms with Gasteiger partial charge in [-0.3, -0.25) is 13.9 Å². The van der Waals surface area contributed by atoms with Crippen molar-refractivity contribution in [1.82, 2.24) is 5.32 Å². The fourth-order valence-electron chi connectivity index (χ4n) is 1.20. The molecule has 20 heavy (non-hydrogen) atoms. The van der Waals surface area contributed by atoms with Crippen molar-refractivity contribution in [2.24, 2.45) is 0 Å². The highest BCUT2D eigenvalue weighted by Gasteiger charge is 2.58. The zero-order chi connectivity index (χ0) is 16.2. The maximum atomic E-state index is 11.0. The maximum absolute atomic E-state index is 11.0. The number of hydrogen-bond acceptors (Lipinski definition) is 6. The summed E-state index contributed by atoms with van der Waals surface area (Å²) in [4.78, 5) is 46.3. The van der Waals surface area contributed by atoms with Gasteiger partial charge in [0.15, 0.2) is 6.10 Å². The first-order chi connectivity index (χ1) is 8.87. The van der Waals surface area contributed by atoms with Crippen LogP contribution in [0.25, 0.3) is 0 Å². The Labute approximate surface area is 113 Å². The molecule has 8 N–H and O–H groups in total. The van der Waals surface area contributed by atoms with E-state index in [2.05, 4.69) is 0 Å². The van der Waals surface area contributed by atoms with Gasteiger partial charge in [-0.15, -0.1) is 0 Å².